The van der Waals surface area contributed by atoms with Crippen LogP contribution in [0, 0.1) is 0 Å². The van der Waals surface area contributed by atoms with E-state index >= 15 is 0 Å². The molecule has 10 heteroatoms. The zero-order chi connectivity index (χ0) is 26.2. The van der Waals surface area contributed by atoms with E-state index in [1.807, 2.05) is 33.9 Å². The molecular weight excluding hydrogens is 476 g/mol. The van der Waals surface area contributed by atoms with E-state index in [2.05, 4.69) is 6.92 Å². The predicted molar refractivity (Wildman–Crippen MR) is 136 cm³/mol. The van der Waals surface area contributed by atoms with E-state index in [9.17, 15) is 13.2 Å². The lowest BCUT2D eigenvalue weighted by molar-refractivity contribution is -0.165. The molecule has 1 saturated heterocycles. The Balaban J connectivity index is 3.11. The number of unbranched alkanes of at least 4 members (excludes halogenated alkanes) is 5. The van der Waals surface area contributed by atoms with Gasteiger partial charge in [-0.2, -0.15) is 8.42 Å². The van der Waals surface area contributed by atoms with Gasteiger partial charge < -0.3 is 18.6 Å². The highest BCUT2D eigenvalue weighted by molar-refractivity contribution is 7.86. The van der Waals surface area contributed by atoms with Gasteiger partial charge in [0.2, 0.25) is 0 Å². The number of hydrogen-bond donors (Lipinski definition) is 0. The molecule has 0 N–H and O–H groups in total. The largest absolute Gasteiger partial charge is 0.412 e. The van der Waals surface area contributed by atoms with Gasteiger partial charge in [-0.15, -0.1) is 0 Å². The van der Waals surface area contributed by atoms with Gasteiger partial charge in [0.15, 0.2) is 20.6 Å². The number of carbonyl (C=O) groups is 1. The van der Waals surface area contributed by atoms with Crippen molar-refractivity contribution in [1.82, 2.24) is 0 Å². The molecule has 0 aromatic carbocycles. The lowest BCUT2D eigenvalue weighted by Crippen LogP contribution is -2.52. The molecule has 202 valence electrons. The average molecular weight is 525 g/mol. The molecule has 4 atom stereocenters. The van der Waals surface area contributed by atoms with Gasteiger partial charge in [0.1, 0.15) is 24.4 Å². The Labute approximate surface area is 209 Å². The molecule has 1 heterocycles. The molecule has 1 aliphatic heterocycles. The van der Waals surface area contributed by atoms with E-state index in [0.717, 1.165) is 25.5 Å². The fraction of sp³-hybridized carbons (Fsp3) is 0.958. The van der Waals surface area contributed by atoms with Gasteiger partial charge in [0.05, 0.1) is 18.5 Å². The third kappa shape index (κ3) is 12.6. The smallest absolute Gasteiger partial charge is 0.264 e. The number of Topliss-reactive ketones (excluding diaryl/α,β-unsaturated/α-hetero) is 1. The summed E-state index contributed by atoms with van der Waals surface area (Å²) in [5, 5.41) is 0. The summed E-state index contributed by atoms with van der Waals surface area (Å²) in [6.45, 7) is 15.2. The first-order valence-corrected chi connectivity index (χ1v) is 17.2. The molecule has 0 unspecified atom stereocenters. The van der Waals surface area contributed by atoms with Gasteiger partial charge >= 0.3 is 0 Å². The topological polar surface area (TPSA) is 97.4 Å². The van der Waals surface area contributed by atoms with Crippen molar-refractivity contribution in [2.75, 3.05) is 12.9 Å². The summed E-state index contributed by atoms with van der Waals surface area (Å²) in [5.74, 6) is -1.06. The third-order valence-electron chi connectivity index (χ3n) is 5.32. The summed E-state index contributed by atoms with van der Waals surface area (Å²) in [7, 11) is -5.51. The summed E-state index contributed by atoms with van der Waals surface area (Å²) in [6.07, 6.45) is 4.37. The van der Waals surface area contributed by atoms with Crippen molar-refractivity contribution in [3.05, 3.63) is 0 Å². The van der Waals surface area contributed by atoms with Crippen molar-refractivity contribution in [1.29, 1.82) is 0 Å². The number of ether oxygens (including phenoxy) is 3. The average Bonchev–Trinajstić information content (AvgIpc) is 2.99. The standard InChI is InChI=1S/C24H48O8SSi/c1-10-11-12-13-14-15-16-18(25)20-22(30-24(5,6)29-20)21(32-34(8)9)19(31-33(7,26)27)17-28-23(2,3)4/h19-22,34H,10-17H2,1-9H3/t19-,20+,21+,22+/m0/s1. The van der Waals surface area contributed by atoms with Crippen LogP contribution in [-0.4, -0.2) is 71.9 Å². The second-order valence-corrected chi connectivity index (χ2v) is 14.9. The lowest BCUT2D eigenvalue weighted by atomic mass is 9.97. The second-order valence-electron chi connectivity index (χ2n) is 10.9. The van der Waals surface area contributed by atoms with Crippen LogP contribution in [-0.2, 0) is 37.7 Å². The predicted octanol–water partition coefficient (Wildman–Crippen LogP) is 4.35. The Hall–Kier alpha value is -0.363. The Morgan fingerprint density at radius 1 is 1.06 bits per heavy atom. The molecule has 1 rings (SSSR count). The van der Waals surface area contributed by atoms with Crippen LogP contribution in [0.5, 0.6) is 0 Å². The van der Waals surface area contributed by atoms with Gasteiger partial charge in [-0.3, -0.25) is 8.98 Å². The van der Waals surface area contributed by atoms with Crippen molar-refractivity contribution < 1.29 is 36.0 Å². The first-order chi connectivity index (χ1) is 15.5. The van der Waals surface area contributed by atoms with Gasteiger partial charge in [0, 0.05) is 6.42 Å². The van der Waals surface area contributed by atoms with E-state index in [-0.39, 0.29) is 12.4 Å². The van der Waals surface area contributed by atoms with Crippen LogP contribution < -0.4 is 0 Å². The first kappa shape index (κ1) is 31.7. The maximum Gasteiger partial charge on any atom is 0.264 e. The molecule has 0 radical (unpaired) electrons. The minimum Gasteiger partial charge on any atom is -0.412 e. The highest BCUT2D eigenvalue weighted by atomic mass is 32.2. The zero-order valence-electron chi connectivity index (χ0n) is 22.7. The molecule has 0 bridgehead atoms. The maximum atomic E-state index is 13.2. The molecule has 8 nitrogen and oxygen atoms in total. The SMILES string of the molecule is CCCCCCCCC(=O)[C@H]1OC(C)(C)O[C@H]1[C@H](O[SiH](C)C)[C@H](COC(C)(C)C)OS(C)(=O)=O. The summed E-state index contributed by atoms with van der Waals surface area (Å²) in [6, 6.07) is 0. The van der Waals surface area contributed by atoms with Crippen LogP contribution in [0.4, 0.5) is 0 Å². The lowest BCUT2D eigenvalue weighted by Gasteiger charge is -2.35. The molecule has 1 fully saturated rings. The summed E-state index contributed by atoms with van der Waals surface area (Å²) in [4.78, 5) is 13.2. The molecule has 0 saturated carbocycles. The van der Waals surface area contributed by atoms with Crippen LogP contribution in [0.3, 0.4) is 0 Å². The van der Waals surface area contributed by atoms with Gasteiger partial charge in [-0.1, -0.05) is 39.0 Å². The molecule has 0 amide bonds. The molecule has 0 aromatic rings. The van der Waals surface area contributed by atoms with Gasteiger partial charge in [-0.05, 0) is 54.1 Å². The Kier molecular flexibility index (Phi) is 12.9. The van der Waals surface area contributed by atoms with Crippen molar-refractivity contribution in [3.8, 4) is 0 Å². The number of ketones is 1. The number of carbonyl (C=O) groups excluding carboxylic acids is 1. The summed E-state index contributed by atoms with van der Waals surface area (Å²) < 4.78 is 54.0. The van der Waals surface area contributed by atoms with Crippen LogP contribution in [0.15, 0.2) is 0 Å². The monoisotopic (exact) mass is 524 g/mol. The summed E-state index contributed by atoms with van der Waals surface area (Å²) >= 11 is 0. The Morgan fingerprint density at radius 3 is 2.18 bits per heavy atom. The highest BCUT2D eigenvalue weighted by Gasteiger charge is 2.51. The second kappa shape index (κ2) is 13.8. The van der Waals surface area contributed by atoms with Crippen LogP contribution in [0.2, 0.25) is 13.1 Å². The molecule has 0 aliphatic carbocycles. The van der Waals surface area contributed by atoms with Crippen molar-refractivity contribution in [2.24, 2.45) is 0 Å². The Bertz CT molecular complexity index is 717. The fourth-order valence-electron chi connectivity index (χ4n) is 3.93. The first-order valence-electron chi connectivity index (χ1n) is 12.6. The van der Waals surface area contributed by atoms with Crippen molar-refractivity contribution in [3.63, 3.8) is 0 Å². The van der Waals surface area contributed by atoms with Gasteiger partial charge in [-0.25, -0.2) is 0 Å². The normalized spacial score (nSPS) is 22.8. The number of rotatable bonds is 16. The zero-order valence-corrected chi connectivity index (χ0v) is 24.7. The minimum atomic E-state index is -3.82. The molecule has 1 aliphatic rings. The molecule has 0 aromatic heterocycles. The number of hydrogen-bond acceptors (Lipinski definition) is 8. The van der Waals surface area contributed by atoms with E-state index in [0.29, 0.717) is 6.42 Å². The van der Waals surface area contributed by atoms with E-state index in [4.69, 9.17) is 22.8 Å². The quantitative estimate of drug-likeness (QED) is 0.167. The molecule has 0 spiro atoms. The van der Waals surface area contributed by atoms with Crippen molar-refractivity contribution >= 4 is 24.9 Å². The maximum absolute atomic E-state index is 13.2. The molecular formula is C24H48O8SSi. The van der Waals surface area contributed by atoms with E-state index in [1.54, 1.807) is 13.8 Å². The molecule has 34 heavy (non-hydrogen) atoms. The van der Waals surface area contributed by atoms with Crippen molar-refractivity contribution in [2.45, 2.75) is 135 Å². The van der Waals surface area contributed by atoms with Crippen LogP contribution >= 0.6 is 0 Å². The van der Waals surface area contributed by atoms with E-state index in [1.165, 1.54) is 19.3 Å². The highest BCUT2D eigenvalue weighted by Crippen LogP contribution is 2.35. The fourth-order valence-corrected chi connectivity index (χ4v) is 5.50. The van der Waals surface area contributed by atoms with Crippen LogP contribution in [0.1, 0.15) is 86.5 Å². The minimum absolute atomic E-state index is 0.0268. The Morgan fingerprint density at radius 2 is 1.65 bits per heavy atom. The third-order valence-corrected chi connectivity index (χ3v) is 6.78. The van der Waals surface area contributed by atoms with Gasteiger partial charge in [0.25, 0.3) is 10.1 Å². The van der Waals surface area contributed by atoms with Crippen LogP contribution in [0.25, 0.3) is 0 Å². The summed E-state index contributed by atoms with van der Waals surface area (Å²) in [5.41, 5.74) is -0.516. The van der Waals surface area contributed by atoms with E-state index < -0.39 is 55.0 Å².